The van der Waals surface area contributed by atoms with Crippen LogP contribution in [0.2, 0.25) is 5.02 Å². The summed E-state index contributed by atoms with van der Waals surface area (Å²) in [5.74, 6) is 1.75. The normalized spacial score (nSPS) is 16.4. The lowest BCUT2D eigenvalue weighted by Gasteiger charge is -2.25. The topological polar surface area (TPSA) is 24.9 Å². The molecule has 1 heterocycles. The van der Waals surface area contributed by atoms with Crippen molar-refractivity contribution in [2.75, 3.05) is 11.9 Å². The van der Waals surface area contributed by atoms with Crippen molar-refractivity contribution in [1.82, 2.24) is 4.98 Å². The van der Waals surface area contributed by atoms with Crippen LogP contribution in [0.15, 0.2) is 18.3 Å². The largest absolute Gasteiger partial charge is 0.369 e. The first-order valence-corrected chi connectivity index (χ1v) is 5.58. The van der Waals surface area contributed by atoms with Crippen molar-refractivity contribution >= 4 is 17.4 Å². The summed E-state index contributed by atoms with van der Waals surface area (Å²) in [6.45, 7) is 0.987. The molecule has 0 amide bonds. The van der Waals surface area contributed by atoms with Gasteiger partial charge >= 0.3 is 0 Å². The third-order valence-electron chi connectivity index (χ3n) is 2.83. The lowest BCUT2D eigenvalue weighted by molar-refractivity contribution is 0.303. The highest BCUT2D eigenvalue weighted by molar-refractivity contribution is 6.32. The Labute approximate surface area is 89.7 Å². The molecular weight excluding hydrogens is 196 g/mol. The molecule has 14 heavy (non-hydrogen) atoms. The zero-order valence-corrected chi connectivity index (χ0v) is 8.93. The molecule has 0 aliphatic heterocycles. The van der Waals surface area contributed by atoms with E-state index in [1.54, 1.807) is 6.20 Å². The summed E-state index contributed by atoms with van der Waals surface area (Å²) in [5, 5.41) is 3.98. The van der Waals surface area contributed by atoms with E-state index in [0.717, 1.165) is 18.3 Å². The van der Waals surface area contributed by atoms with E-state index in [-0.39, 0.29) is 0 Å². The molecule has 1 aliphatic carbocycles. The quantitative estimate of drug-likeness (QED) is 0.825. The summed E-state index contributed by atoms with van der Waals surface area (Å²) in [4.78, 5) is 4.18. The molecular formula is C11H15ClN2. The van der Waals surface area contributed by atoms with E-state index >= 15 is 0 Å². The van der Waals surface area contributed by atoms with Crippen LogP contribution in [0.3, 0.4) is 0 Å². The van der Waals surface area contributed by atoms with Crippen molar-refractivity contribution in [1.29, 1.82) is 0 Å². The highest BCUT2D eigenvalue weighted by atomic mass is 35.5. The number of aromatic nitrogens is 1. The van der Waals surface area contributed by atoms with Crippen LogP contribution in [0.1, 0.15) is 25.7 Å². The van der Waals surface area contributed by atoms with Gasteiger partial charge in [0, 0.05) is 12.7 Å². The number of anilines is 1. The van der Waals surface area contributed by atoms with Crippen LogP contribution in [-0.2, 0) is 0 Å². The second-order valence-electron chi connectivity index (χ2n) is 3.85. The monoisotopic (exact) mass is 210 g/mol. The Morgan fingerprint density at radius 1 is 1.50 bits per heavy atom. The first kappa shape index (κ1) is 9.78. The van der Waals surface area contributed by atoms with Crippen LogP contribution in [0.5, 0.6) is 0 Å². The van der Waals surface area contributed by atoms with E-state index in [2.05, 4.69) is 10.3 Å². The summed E-state index contributed by atoms with van der Waals surface area (Å²) < 4.78 is 0. The van der Waals surface area contributed by atoms with Gasteiger partial charge in [0.2, 0.25) is 0 Å². The Morgan fingerprint density at radius 3 is 3.00 bits per heavy atom. The zero-order chi connectivity index (χ0) is 9.80. The number of nitrogens with zero attached hydrogens (tertiary/aromatic N) is 1. The maximum Gasteiger partial charge on any atom is 0.144 e. The molecule has 0 saturated heterocycles. The van der Waals surface area contributed by atoms with E-state index < -0.39 is 0 Å². The molecule has 1 fully saturated rings. The molecule has 0 bridgehead atoms. The minimum absolute atomic E-state index is 0.709. The fraction of sp³-hybridized carbons (Fsp3) is 0.545. The molecule has 0 atom stereocenters. The van der Waals surface area contributed by atoms with Gasteiger partial charge in [-0.05, 0) is 24.5 Å². The molecule has 3 heteroatoms. The molecule has 2 rings (SSSR count). The predicted molar refractivity (Wildman–Crippen MR) is 59.7 cm³/mol. The lowest BCUT2D eigenvalue weighted by atomic mass is 9.83. The Morgan fingerprint density at radius 2 is 2.36 bits per heavy atom. The maximum absolute atomic E-state index is 5.96. The Balaban J connectivity index is 1.76. The number of hydrogen-bond acceptors (Lipinski definition) is 2. The molecule has 0 spiro atoms. The Kier molecular flexibility index (Phi) is 3.25. The Bertz CT molecular complexity index is 297. The van der Waals surface area contributed by atoms with E-state index in [1.807, 2.05) is 12.1 Å². The highest BCUT2D eigenvalue weighted by Gasteiger charge is 2.16. The fourth-order valence-corrected chi connectivity index (χ4v) is 1.88. The molecule has 0 unspecified atom stereocenters. The van der Waals surface area contributed by atoms with Gasteiger partial charge in [-0.2, -0.15) is 0 Å². The van der Waals surface area contributed by atoms with Crippen molar-refractivity contribution in [3.63, 3.8) is 0 Å². The molecule has 1 N–H and O–H groups in total. The van der Waals surface area contributed by atoms with Gasteiger partial charge < -0.3 is 5.32 Å². The maximum atomic E-state index is 5.96. The van der Waals surface area contributed by atoms with Gasteiger partial charge in [0.05, 0.1) is 5.02 Å². The summed E-state index contributed by atoms with van der Waals surface area (Å²) in [6.07, 6.45) is 7.22. The smallest absolute Gasteiger partial charge is 0.144 e. The van der Waals surface area contributed by atoms with Crippen molar-refractivity contribution in [3.8, 4) is 0 Å². The number of rotatable bonds is 4. The molecule has 1 aliphatic rings. The zero-order valence-electron chi connectivity index (χ0n) is 8.17. The lowest BCUT2D eigenvalue weighted by Crippen LogP contribution is -2.16. The van der Waals surface area contributed by atoms with Crippen molar-refractivity contribution in [2.45, 2.75) is 25.7 Å². The second kappa shape index (κ2) is 4.65. The van der Waals surface area contributed by atoms with E-state index in [4.69, 9.17) is 11.6 Å². The fourth-order valence-electron chi connectivity index (χ4n) is 1.69. The van der Waals surface area contributed by atoms with Gasteiger partial charge in [0.25, 0.3) is 0 Å². The predicted octanol–water partition coefficient (Wildman–Crippen LogP) is 3.34. The first-order valence-electron chi connectivity index (χ1n) is 5.20. The summed E-state index contributed by atoms with van der Waals surface area (Å²) >= 11 is 5.96. The van der Waals surface area contributed by atoms with Gasteiger partial charge in [-0.1, -0.05) is 30.9 Å². The Hall–Kier alpha value is -0.760. The molecule has 76 valence electrons. The van der Waals surface area contributed by atoms with Crippen LogP contribution in [0.25, 0.3) is 0 Å². The van der Waals surface area contributed by atoms with Gasteiger partial charge in [0.15, 0.2) is 0 Å². The van der Waals surface area contributed by atoms with Crippen LogP contribution < -0.4 is 5.32 Å². The van der Waals surface area contributed by atoms with Crippen molar-refractivity contribution in [3.05, 3.63) is 23.4 Å². The van der Waals surface area contributed by atoms with Crippen molar-refractivity contribution < 1.29 is 0 Å². The third kappa shape index (κ3) is 2.38. The molecule has 1 saturated carbocycles. The summed E-state index contributed by atoms with van der Waals surface area (Å²) in [7, 11) is 0. The van der Waals surface area contributed by atoms with Crippen LogP contribution >= 0.6 is 11.6 Å². The number of hydrogen-bond donors (Lipinski definition) is 1. The molecule has 1 aromatic heterocycles. The molecule has 0 radical (unpaired) electrons. The summed E-state index contributed by atoms with van der Waals surface area (Å²) in [5.41, 5.74) is 0. The highest BCUT2D eigenvalue weighted by Crippen LogP contribution is 2.29. The summed E-state index contributed by atoms with van der Waals surface area (Å²) in [6, 6.07) is 3.71. The second-order valence-corrected chi connectivity index (χ2v) is 4.25. The first-order chi connectivity index (χ1) is 6.86. The van der Waals surface area contributed by atoms with Crippen LogP contribution in [0.4, 0.5) is 5.82 Å². The van der Waals surface area contributed by atoms with Gasteiger partial charge in [-0.25, -0.2) is 4.98 Å². The van der Waals surface area contributed by atoms with Crippen molar-refractivity contribution in [2.24, 2.45) is 5.92 Å². The minimum Gasteiger partial charge on any atom is -0.369 e. The average molecular weight is 211 g/mol. The number of pyridine rings is 1. The van der Waals surface area contributed by atoms with Gasteiger partial charge in [0.1, 0.15) is 5.82 Å². The third-order valence-corrected chi connectivity index (χ3v) is 3.13. The van der Waals surface area contributed by atoms with Gasteiger partial charge in [-0.15, -0.1) is 0 Å². The van der Waals surface area contributed by atoms with E-state index in [1.165, 1.54) is 25.7 Å². The SMILES string of the molecule is Clc1cccnc1NCCC1CCC1. The van der Waals surface area contributed by atoms with Crippen LogP contribution in [0, 0.1) is 5.92 Å². The standard InChI is InChI=1S/C11H15ClN2/c12-10-5-2-7-13-11(10)14-8-6-9-3-1-4-9/h2,5,7,9H,1,3-4,6,8H2,(H,13,14). The average Bonchev–Trinajstić information content (AvgIpc) is 2.12. The molecule has 2 nitrogen and oxygen atoms in total. The molecule has 0 aromatic carbocycles. The molecule has 1 aromatic rings. The van der Waals surface area contributed by atoms with Crippen LogP contribution in [-0.4, -0.2) is 11.5 Å². The minimum atomic E-state index is 0.709. The number of halogens is 1. The number of nitrogens with one attached hydrogen (secondary N) is 1. The van der Waals surface area contributed by atoms with Gasteiger partial charge in [-0.3, -0.25) is 0 Å². The van der Waals surface area contributed by atoms with E-state index in [9.17, 15) is 0 Å². The van der Waals surface area contributed by atoms with E-state index in [0.29, 0.717) is 5.02 Å².